The van der Waals surface area contributed by atoms with Gasteiger partial charge < -0.3 is 14.0 Å². The normalized spacial score (nSPS) is 15.5. The molecule has 1 atom stereocenters. The Morgan fingerprint density at radius 2 is 1.84 bits per heavy atom. The summed E-state index contributed by atoms with van der Waals surface area (Å²) in [7, 11) is -0.993. The van der Waals surface area contributed by atoms with E-state index in [0.717, 1.165) is 39.3 Å². The molecule has 1 unspecified atom stereocenters. The number of amides is 1. The molecule has 4 rings (SSSR count). The number of benzene rings is 1. The van der Waals surface area contributed by atoms with Crippen LogP contribution in [0.25, 0.3) is 22.5 Å². The minimum atomic E-state index is -0.993. The van der Waals surface area contributed by atoms with Gasteiger partial charge in [0.25, 0.3) is 0 Å². The molecule has 0 saturated heterocycles. The maximum absolute atomic E-state index is 12.3. The predicted octanol–water partition coefficient (Wildman–Crippen LogP) is 5.07. The van der Waals surface area contributed by atoms with Gasteiger partial charge in [-0.05, 0) is 69.0 Å². The SMILES string of the molecule is Cc1cc(C2=CCN(C(=O)OC(C)(C)C)CC2)cn2cc(-c3ccc(S(C)=O)cc3)nc12. The van der Waals surface area contributed by atoms with Gasteiger partial charge in [0.1, 0.15) is 11.2 Å². The van der Waals surface area contributed by atoms with Crippen LogP contribution in [0, 0.1) is 6.92 Å². The summed E-state index contributed by atoms with van der Waals surface area (Å²) in [6.45, 7) is 8.89. The van der Waals surface area contributed by atoms with Crippen molar-refractivity contribution < 1.29 is 13.7 Å². The Balaban J connectivity index is 1.57. The topological polar surface area (TPSA) is 63.9 Å². The van der Waals surface area contributed by atoms with Crippen LogP contribution in [0.2, 0.25) is 0 Å². The van der Waals surface area contributed by atoms with E-state index in [0.29, 0.717) is 13.1 Å². The van der Waals surface area contributed by atoms with E-state index < -0.39 is 16.4 Å². The number of carbonyl (C=O) groups is 1. The summed E-state index contributed by atoms with van der Waals surface area (Å²) in [5, 5.41) is 0. The number of hydrogen-bond acceptors (Lipinski definition) is 4. The number of nitrogens with zero attached hydrogens (tertiary/aromatic N) is 3. The van der Waals surface area contributed by atoms with Crippen LogP contribution in [0.1, 0.15) is 38.3 Å². The molecule has 1 aromatic carbocycles. The zero-order valence-corrected chi connectivity index (χ0v) is 20.0. The highest BCUT2D eigenvalue weighted by atomic mass is 32.2. The first-order valence-corrected chi connectivity index (χ1v) is 12.3. The number of hydrogen-bond donors (Lipinski definition) is 0. The van der Waals surface area contributed by atoms with Crippen LogP contribution in [-0.4, -0.2) is 49.5 Å². The zero-order chi connectivity index (χ0) is 23.0. The Bertz CT molecular complexity index is 1220. The first kappa shape index (κ1) is 22.3. The Kier molecular flexibility index (Phi) is 5.95. The summed E-state index contributed by atoms with van der Waals surface area (Å²) in [5.41, 5.74) is 5.76. The van der Waals surface area contributed by atoms with Gasteiger partial charge in [0, 0.05) is 53.0 Å². The highest BCUT2D eigenvalue weighted by Gasteiger charge is 2.24. The van der Waals surface area contributed by atoms with Crippen molar-refractivity contribution >= 4 is 28.1 Å². The Morgan fingerprint density at radius 3 is 2.44 bits per heavy atom. The van der Waals surface area contributed by atoms with Crippen molar-refractivity contribution in [3.63, 3.8) is 0 Å². The summed E-state index contributed by atoms with van der Waals surface area (Å²) >= 11 is 0. The van der Waals surface area contributed by atoms with E-state index >= 15 is 0 Å². The largest absolute Gasteiger partial charge is 0.444 e. The number of imidazole rings is 1. The van der Waals surface area contributed by atoms with Gasteiger partial charge in [0.2, 0.25) is 0 Å². The lowest BCUT2D eigenvalue weighted by Gasteiger charge is -2.29. The van der Waals surface area contributed by atoms with Crippen LogP contribution in [0.3, 0.4) is 0 Å². The van der Waals surface area contributed by atoms with E-state index in [1.54, 1.807) is 11.2 Å². The van der Waals surface area contributed by atoms with E-state index in [1.807, 2.05) is 51.2 Å². The van der Waals surface area contributed by atoms with Crippen LogP contribution in [0.15, 0.2) is 53.7 Å². The van der Waals surface area contributed by atoms with E-state index in [-0.39, 0.29) is 6.09 Å². The molecule has 0 spiro atoms. The Morgan fingerprint density at radius 1 is 1.12 bits per heavy atom. The van der Waals surface area contributed by atoms with Crippen molar-refractivity contribution in [3.05, 3.63) is 59.9 Å². The lowest BCUT2D eigenvalue weighted by atomic mass is 10.00. The Labute approximate surface area is 191 Å². The third kappa shape index (κ3) is 4.78. The predicted molar refractivity (Wildman–Crippen MR) is 128 cm³/mol. The van der Waals surface area contributed by atoms with Crippen LogP contribution < -0.4 is 0 Å². The second-order valence-corrected chi connectivity index (χ2v) is 10.5. The number of rotatable bonds is 3. The zero-order valence-electron chi connectivity index (χ0n) is 19.2. The van der Waals surface area contributed by atoms with Gasteiger partial charge in [0.15, 0.2) is 0 Å². The third-order valence-electron chi connectivity index (χ3n) is 5.45. The molecule has 0 bridgehead atoms. The standard InChI is InChI=1S/C25H29N3O3S/c1-17-14-20(18-10-12-27(13-11-18)24(29)31-25(2,3)4)15-28-16-22(26-23(17)28)19-6-8-21(9-7-19)32(5)30/h6-10,14-16H,11-13H2,1-5H3. The lowest BCUT2D eigenvalue weighted by molar-refractivity contribution is 0.0270. The molecule has 0 aliphatic carbocycles. The molecule has 1 aliphatic rings. The average Bonchev–Trinajstić information content (AvgIpc) is 3.17. The molecule has 168 valence electrons. The number of pyridine rings is 1. The molecule has 3 heterocycles. The van der Waals surface area contributed by atoms with Crippen molar-refractivity contribution in [1.29, 1.82) is 0 Å². The monoisotopic (exact) mass is 451 g/mol. The second kappa shape index (κ2) is 8.54. The van der Waals surface area contributed by atoms with Gasteiger partial charge in [-0.15, -0.1) is 0 Å². The summed E-state index contributed by atoms with van der Waals surface area (Å²) in [5.74, 6) is 0. The second-order valence-electron chi connectivity index (χ2n) is 9.15. The highest BCUT2D eigenvalue weighted by molar-refractivity contribution is 7.84. The lowest BCUT2D eigenvalue weighted by Crippen LogP contribution is -2.39. The number of fused-ring (bicyclic) bond motifs is 1. The fourth-order valence-electron chi connectivity index (χ4n) is 3.82. The minimum absolute atomic E-state index is 0.267. The molecule has 0 N–H and O–H groups in total. The van der Waals surface area contributed by atoms with Crippen molar-refractivity contribution in [2.45, 2.75) is 44.6 Å². The van der Waals surface area contributed by atoms with Crippen LogP contribution in [0.4, 0.5) is 4.79 Å². The molecule has 0 fully saturated rings. The van der Waals surface area contributed by atoms with Gasteiger partial charge >= 0.3 is 6.09 Å². The van der Waals surface area contributed by atoms with Gasteiger partial charge in [0.05, 0.1) is 5.69 Å². The van der Waals surface area contributed by atoms with Crippen molar-refractivity contribution in [2.75, 3.05) is 19.3 Å². The highest BCUT2D eigenvalue weighted by Crippen LogP contribution is 2.27. The molecule has 2 aromatic heterocycles. The molecular weight excluding hydrogens is 422 g/mol. The van der Waals surface area contributed by atoms with E-state index in [9.17, 15) is 9.00 Å². The quantitative estimate of drug-likeness (QED) is 0.558. The van der Waals surface area contributed by atoms with E-state index in [2.05, 4.69) is 29.7 Å². The van der Waals surface area contributed by atoms with E-state index in [4.69, 9.17) is 9.72 Å². The average molecular weight is 452 g/mol. The molecule has 6 nitrogen and oxygen atoms in total. The van der Waals surface area contributed by atoms with Crippen molar-refractivity contribution in [1.82, 2.24) is 14.3 Å². The summed E-state index contributed by atoms with van der Waals surface area (Å²) in [4.78, 5) is 19.7. The fourth-order valence-corrected chi connectivity index (χ4v) is 4.34. The van der Waals surface area contributed by atoms with Crippen LogP contribution in [0.5, 0.6) is 0 Å². The van der Waals surface area contributed by atoms with E-state index in [1.165, 1.54) is 5.57 Å². The van der Waals surface area contributed by atoms with Crippen molar-refractivity contribution in [3.8, 4) is 11.3 Å². The molecule has 7 heteroatoms. The number of aryl methyl sites for hydroxylation is 1. The first-order chi connectivity index (χ1) is 15.1. The summed E-state index contributed by atoms with van der Waals surface area (Å²) in [6, 6.07) is 9.85. The number of aromatic nitrogens is 2. The molecule has 1 aliphatic heterocycles. The minimum Gasteiger partial charge on any atom is -0.444 e. The van der Waals surface area contributed by atoms with Gasteiger partial charge in [-0.3, -0.25) is 4.21 Å². The molecule has 0 saturated carbocycles. The van der Waals surface area contributed by atoms with Gasteiger partial charge in [-0.1, -0.05) is 18.2 Å². The molecule has 3 aromatic rings. The first-order valence-electron chi connectivity index (χ1n) is 10.7. The maximum Gasteiger partial charge on any atom is 0.410 e. The Hall–Kier alpha value is -2.93. The van der Waals surface area contributed by atoms with Gasteiger partial charge in [-0.25, -0.2) is 9.78 Å². The fraction of sp³-hybridized carbons (Fsp3) is 0.360. The van der Waals surface area contributed by atoms with Crippen LogP contribution in [-0.2, 0) is 15.5 Å². The third-order valence-corrected chi connectivity index (χ3v) is 6.38. The summed E-state index contributed by atoms with van der Waals surface area (Å²) < 4.78 is 19.2. The van der Waals surface area contributed by atoms with Gasteiger partial charge in [-0.2, -0.15) is 0 Å². The molecule has 32 heavy (non-hydrogen) atoms. The summed E-state index contributed by atoms with van der Waals surface area (Å²) in [6.07, 6.45) is 8.43. The van der Waals surface area contributed by atoms with Crippen LogP contribution >= 0.6 is 0 Å². The number of carbonyl (C=O) groups excluding carboxylic acids is 1. The molecule has 1 amide bonds. The molecule has 0 radical (unpaired) electrons. The molecular formula is C25H29N3O3S. The smallest absolute Gasteiger partial charge is 0.410 e. The number of ether oxygens (including phenoxy) is 1. The van der Waals surface area contributed by atoms with Crippen molar-refractivity contribution in [2.24, 2.45) is 0 Å². The maximum atomic E-state index is 12.3.